The molecule has 2 aromatic carbocycles. The lowest BCUT2D eigenvalue weighted by atomic mass is 10.1. The highest BCUT2D eigenvalue weighted by molar-refractivity contribution is 7.94. The van der Waals surface area contributed by atoms with Crippen LogP contribution in [0.1, 0.15) is 24.4 Å². The molecular formula is C18H14ClF2NO4S. The number of sulfone groups is 1. The van der Waals surface area contributed by atoms with Crippen LogP contribution in [0.15, 0.2) is 41.3 Å². The Hall–Kier alpha value is -2.19. The highest BCUT2D eigenvalue weighted by Gasteiger charge is 2.61. The van der Waals surface area contributed by atoms with Crippen LogP contribution in [0.4, 0.5) is 8.78 Å². The Bertz CT molecular complexity index is 1040. The van der Waals surface area contributed by atoms with Crippen molar-refractivity contribution in [2.45, 2.75) is 28.5 Å². The normalized spacial score (nSPS) is 19.9. The average Bonchev–Trinajstić information content (AvgIpc) is 3.34. The van der Waals surface area contributed by atoms with Gasteiger partial charge in [0.1, 0.15) is 24.0 Å². The quantitative estimate of drug-likeness (QED) is 0.835. The first kappa shape index (κ1) is 18.2. The second-order valence-corrected chi connectivity index (χ2v) is 9.28. The zero-order valence-electron chi connectivity index (χ0n) is 13.8. The van der Waals surface area contributed by atoms with Crippen LogP contribution in [0, 0.1) is 11.6 Å². The molecule has 1 aliphatic carbocycles. The first-order valence-corrected chi connectivity index (χ1v) is 10.0. The topological polar surface area (TPSA) is 72.5 Å². The fraction of sp³-hybridized carbons (Fsp3) is 0.278. The van der Waals surface area contributed by atoms with Gasteiger partial charge in [-0.25, -0.2) is 17.2 Å². The highest BCUT2D eigenvalue weighted by atomic mass is 35.5. The summed E-state index contributed by atoms with van der Waals surface area (Å²) in [6.45, 7) is -0.0987. The van der Waals surface area contributed by atoms with Crippen LogP contribution < -0.4 is 10.1 Å². The summed E-state index contributed by atoms with van der Waals surface area (Å²) in [5, 5.41) is 2.93. The number of benzene rings is 2. The lowest BCUT2D eigenvalue weighted by Gasteiger charge is -2.19. The van der Waals surface area contributed by atoms with E-state index in [1.165, 1.54) is 24.3 Å². The second kappa shape index (κ2) is 6.17. The molecule has 1 unspecified atom stereocenters. The van der Waals surface area contributed by atoms with Gasteiger partial charge >= 0.3 is 0 Å². The molecule has 142 valence electrons. The molecule has 0 aromatic heterocycles. The van der Waals surface area contributed by atoms with E-state index in [1.807, 2.05) is 0 Å². The molecule has 5 nitrogen and oxygen atoms in total. The van der Waals surface area contributed by atoms with E-state index in [0.717, 1.165) is 6.07 Å². The van der Waals surface area contributed by atoms with Crippen molar-refractivity contribution in [1.29, 1.82) is 0 Å². The molecule has 27 heavy (non-hydrogen) atoms. The van der Waals surface area contributed by atoms with Crippen LogP contribution in [-0.2, 0) is 14.6 Å². The van der Waals surface area contributed by atoms with Crippen molar-refractivity contribution >= 4 is 27.3 Å². The number of fused-ring (bicyclic) bond motifs is 1. The summed E-state index contributed by atoms with van der Waals surface area (Å²) in [5.74, 6) is -2.36. The van der Waals surface area contributed by atoms with Gasteiger partial charge in [0.2, 0.25) is 5.91 Å². The molecule has 9 heteroatoms. The smallest absolute Gasteiger partial charge is 0.242 e. The first-order valence-electron chi connectivity index (χ1n) is 8.17. The van der Waals surface area contributed by atoms with Gasteiger partial charge in [-0.3, -0.25) is 4.79 Å². The van der Waals surface area contributed by atoms with Gasteiger partial charge < -0.3 is 10.1 Å². The van der Waals surface area contributed by atoms with Crippen LogP contribution in [0.5, 0.6) is 5.75 Å². The maximum Gasteiger partial charge on any atom is 0.242 e. The highest BCUT2D eigenvalue weighted by Crippen LogP contribution is 2.48. The SMILES string of the molecule is O=C(NC1COc2cc(F)cc(F)c21)C1(S(=O)(=O)c2ccc(Cl)cc2)CC1. The predicted molar refractivity (Wildman–Crippen MR) is 93.3 cm³/mol. The van der Waals surface area contributed by atoms with Gasteiger partial charge in [0.25, 0.3) is 0 Å². The lowest BCUT2D eigenvalue weighted by molar-refractivity contribution is -0.122. The van der Waals surface area contributed by atoms with E-state index in [9.17, 15) is 22.0 Å². The number of carbonyl (C=O) groups excluding carboxylic acids is 1. The standard InChI is InChI=1S/C18H14ClF2NO4S/c19-10-1-3-12(4-2-10)27(24,25)18(5-6-18)17(23)22-14-9-26-15-8-11(20)7-13(21)16(14)15/h1-4,7-8,14H,5-6,9H2,(H,22,23). The number of hydrogen-bond acceptors (Lipinski definition) is 4. The molecule has 0 saturated heterocycles. The predicted octanol–water partition coefficient (Wildman–Crippen LogP) is 3.17. The van der Waals surface area contributed by atoms with Gasteiger partial charge in [-0.2, -0.15) is 0 Å². The molecule has 2 aromatic rings. The van der Waals surface area contributed by atoms with Gasteiger partial charge in [-0.15, -0.1) is 0 Å². The van der Waals surface area contributed by atoms with Crippen molar-refractivity contribution in [1.82, 2.24) is 5.32 Å². The minimum atomic E-state index is -3.94. The monoisotopic (exact) mass is 413 g/mol. The minimum Gasteiger partial charge on any atom is -0.490 e. The summed E-state index contributed by atoms with van der Waals surface area (Å²) in [5.41, 5.74) is 0.0180. The summed E-state index contributed by atoms with van der Waals surface area (Å²) in [7, 11) is -3.94. The second-order valence-electron chi connectivity index (χ2n) is 6.59. The maximum absolute atomic E-state index is 14.1. The molecule has 0 bridgehead atoms. The molecule has 4 rings (SSSR count). The Morgan fingerprint density at radius 1 is 1.19 bits per heavy atom. The van der Waals surface area contributed by atoms with E-state index in [1.54, 1.807) is 0 Å². The largest absolute Gasteiger partial charge is 0.490 e. The molecule has 1 heterocycles. The third-order valence-corrected chi connectivity index (χ3v) is 7.64. The minimum absolute atomic E-state index is 0.00297. The van der Waals surface area contributed by atoms with Crippen molar-refractivity contribution < 1.29 is 26.7 Å². The Labute approximate surface area is 159 Å². The Balaban J connectivity index is 1.61. The van der Waals surface area contributed by atoms with E-state index >= 15 is 0 Å². The third-order valence-electron chi connectivity index (χ3n) is 4.87. The van der Waals surface area contributed by atoms with E-state index in [-0.39, 0.29) is 35.7 Å². The summed E-state index contributed by atoms with van der Waals surface area (Å²) in [4.78, 5) is 12.8. The van der Waals surface area contributed by atoms with Crippen molar-refractivity contribution in [3.8, 4) is 5.75 Å². The molecule has 1 atom stereocenters. The zero-order valence-corrected chi connectivity index (χ0v) is 15.4. The number of halogens is 3. The van der Waals surface area contributed by atoms with Crippen LogP contribution in [0.25, 0.3) is 0 Å². The number of nitrogens with one attached hydrogen (secondary N) is 1. The van der Waals surface area contributed by atoms with E-state index in [2.05, 4.69) is 5.32 Å². The summed E-state index contributed by atoms with van der Waals surface area (Å²) in [6, 6.07) is 6.42. The van der Waals surface area contributed by atoms with Gasteiger partial charge in [0.15, 0.2) is 14.6 Å². The molecule has 1 amide bonds. The Morgan fingerprint density at radius 3 is 2.48 bits per heavy atom. The molecule has 0 spiro atoms. The first-order chi connectivity index (χ1) is 12.7. The molecule has 1 saturated carbocycles. The van der Waals surface area contributed by atoms with Crippen molar-refractivity contribution in [2.24, 2.45) is 0 Å². The lowest BCUT2D eigenvalue weighted by Crippen LogP contribution is -2.44. The van der Waals surface area contributed by atoms with Gasteiger partial charge in [-0.05, 0) is 37.1 Å². The maximum atomic E-state index is 14.1. The number of ether oxygens (including phenoxy) is 1. The average molecular weight is 414 g/mol. The van der Waals surface area contributed by atoms with E-state index < -0.39 is 38.2 Å². The van der Waals surface area contributed by atoms with Gasteiger partial charge in [0, 0.05) is 17.2 Å². The third kappa shape index (κ3) is 2.87. The Morgan fingerprint density at radius 2 is 1.85 bits per heavy atom. The van der Waals surface area contributed by atoms with Crippen molar-refractivity contribution in [2.75, 3.05) is 6.61 Å². The number of amides is 1. The number of hydrogen-bond donors (Lipinski definition) is 1. The molecule has 2 aliphatic rings. The summed E-state index contributed by atoms with van der Waals surface area (Å²) < 4.78 is 56.9. The van der Waals surface area contributed by atoms with Crippen LogP contribution in [-0.4, -0.2) is 25.7 Å². The molecule has 1 fully saturated rings. The fourth-order valence-electron chi connectivity index (χ4n) is 3.25. The van der Waals surface area contributed by atoms with Crippen molar-refractivity contribution in [3.63, 3.8) is 0 Å². The summed E-state index contributed by atoms with van der Waals surface area (Å²) in [6.07, 6.45) is 0.326. The fourth-order valence-corrected chi connectivity index (χ4v) is 5.26. The molecule has 0 radical (unpaired) electrons. The van der Waals surface area contributed by atoms with E-state index in [0.29, 0.717) is 11.1 Å². The molecular weight excluding hydrogens is 400 g/mol. The van der Waals surface area contributed by atoms with Crippen LogP contribution in [0.3, 0.4) is 0 Å². The van der Waals surface area contributed by atoms with Crippen LogP contribution in [0.2, 0.25) is 5.02 Å². The Kier molecular flexibility index (Phi) is 4.16. The van der Waals surface area contributed by atoms with Gasteiger partial charge in [0.05, 0.1) is 16.5 Å². The number of rotatable bonds is 4. The molecule has 1 aliphatic heterocycles. The zero-order chi connectivity index (χ0) is 19.4. The molecule has 1 N–H and O–H groups in total. The van der Waals surface area contributed by atoms with Crippen LogP contribution >= 0.6 is 11.6 Å². The van der Waals surface area contributed by atoms with E-state index in [4.69, 9.17) is 16.3 Å². The van der Waals surface area contributed by atoms with Crippen molar-refractivity contribution in [3.05, 3.63) is 58.6 Å². The number of carbonyl (C=O) groups is 1. The summed E-state index contributed by atoms with van der Waals surface area (Å²) >= 11 is 5.79. The van der Waals surface area contributed by atoms with Gasteiger partial charge in [-0.1, -0.05) is 11.6 Å².